The third-order valence-electron chi connectivity index (χ3n) is 4.83. The maximum Gasteiger partial charge on any atom is 0.251 e. The number of methoxy groups -OCH3 is 1. The van der Waals surface area contributed by atoms with Gasteiger partial charge >= 0.3 is 0 Å². The Bertz CT molecular complexity index is 808. The van der Waals surface area contributed by atoms with Crippen molar-refractivity contribution in [3.63, 3.8) is 0 Å². The monoisotopic (exact) mass is 416 g/mol. The molecule has 0 heterocycles. The summed E-state index contributed by atoms with van der Waals surface area (Å²) in [4.78, 5) is 12.7. The molecular formula is C18H28N2O5S2. The number of carbonyl (C=O) groups is 1. The Morgan fingerprint density at radius 3 is 2.56 bits per heavy atom. The van der Waals surface area contributed by atoms with E-state index in [0.29, 0.717) is 5.75 Å². The minimum atomic E-state index is -3.76. The molecule has 1 aliphatic rings. The second-order valence-corrected chi connectivity index (χ2v) is 10.8. The van der Waals surface area contributed by atoms with E-state index >= 15 is 0 Å². The molecule has 1 saturated carbocycles. The summed E-state index contributed by atoms with van der Waals surface area (Å²) >= 11 is 0. The molecule has 3 atom stereocenters. The van der Waals surface area contributed by atoms with Gasteiger partial charge in [0, 0.05) is 42.3 Å². The summed E-state index contributed by atoms with van der Waals surface area (Å²) in [5.41, 5.74) is 0.239. The van der Waals surface area contributed by atoms with Crippen LogP contribution in [0.2, 0.25) is 0 Å². The van der Waals surface area contributed by atoms with Crippen LogP contribution < -0.4 is 10.1 Å². The average molecular weight is 417 g/mol. The number of nitrogens with one attached hydrogen (secondary N) is 1. The highest BCUT2D eigenvalue weighted by molar-refractivity contribution is 7.89. The molecule has 0 aliphatic heterocycles. The summed E-state index contributed by atoms with van der Waals surface area (Å²) < 4.78 is 43.6. The average Bonchev–Trinajstić information content (AvgIpc) is 2.67. The summed E-state index contributed by atoms with van der Waals surface area (Å²) in [6, 6.07) is 4.19. The molecule has 0 saturated heterocycles. The minimum absolute atomic E-state index is 0.0556. The molecule has 27 heavy (non-hydrogen) atoms. The number of ether oxygens (including phenoxy) is 1. The number of benzene rings is 1. The molecule has 0 bridgehead atoms. The predicted octanol–water partition coefficient (Wildman–Crippen LogP) is 1.76. The van der Waals surface area contributed by atoms with Crippen molar-refractivity contribution in [1.82, 2.24) is 9.62 Å². The van der Waals surface area contributed by atoms with E-state index in [1.165, 1.54) is 39.4 Å². The number of hydrogen-bond donors (Lipinski definition) is 1. The topological polar surface area (TPSA) is 92.8 Å². The van der Waals surface area contributed by atoms with E-state index in [1.54, 1.807) is 0 Å². The molecule has 1 amide bonds. The van der Waals surface area contributed by atoms with Crippen LogP contribution in [0, 0.1) is 0 Å². The van der Waals surface area contributed by atoms with Gasteiger partial charge in [0.05, 0.1) is 12.4 Å². The van der Waals surface area contributed by atoms with E-state index in [9.17, 15) is 17.4 Å². The molecule has 1 N–H and O–H groups in total. The highest BCUT2D eigenvalue weighted by Crippen LogP contribution is 2.28. The van der Waals surface area contributed by atoms with Gasteiger partial charge in [-0.05, 0) is 31.0 Å². The molecular weight excluding hydrogens is 388 g/mol. The van der Waals surface area contributed by atoms with Gasteiger partial charge in [-0.25, -0.2) is 12.7 Å². The van der Waals surface area contributed by atoms with Crippen LogP contribution in [-0.2, 0) is 20.8 Å². The second kappa shape index (κ2) is 9.16. The van der Waals surface area contributed by atoms with Crippen LogP contribution >= 0.6 is 0 Å². The van der Waals surface area contributed by atoms with Crippen molar-refractivity contribution in [2.24, 2.45) is 0 Å². The van der Waals surface area contributed by atoms with Gasteiger partial charge in [-0.1, -0.05) is 19.8 Å². The molecule has 1 aromatic rings. The second-order valence-electron chi connectivity index (χ2n) is 6.73. The van der Waals surface area contributed by atoms with Crippen molar-refractivity contribution >= 4 is 26.7 Å². The van der Waals surface area contributed by atoms with E-state index < -0.39 is 20.8 Å². The Morgan fingerprint density at radius 2 is 1.96 bits per heavy atom. The number of rotatable bonds is 7. The van der Waals surface area contributed by atoms with Gasteiger partial charge in [-0.15, -0.1) is 0 Å². The largest absolute Gasteiger partial charge is 0.495 e. The Labute approximate surface area is 164 Å². The lowest BCUT2D eigenvalue weighted by Crippen LogP contribution is -2.47. The summed E-state index contributed by atoms with van der Waals surface area (Å²) in [7, 11) is -0.506. The fourth-order valence-corrected chi connectivity index (χ4v) is 5.76. The maximum atomic E-state index is 12.8. The Kier molecular flexibility index (Phi) is 7.41. The van der Waals surface area contributed by atoms with Crippen LogP contribution in [0.5, 0.6) is 5.75 Å². The van der Waals surface area contributed by atoms with Gasteiger partial charge in [-0.3, -0.25) is 9.00 Å². The number of hydrogen-bond acceptors (Lipinski definition) is 5. The van der Waals surface area contributed by atoms with Gasteiger partial charge in [0.15, 0.2) is 0 Å². The SMILES string of the molecule is CC[S@](=O)[C@@H]1CCCC[C@H]1NC(=O)c1ccc(OC)c(S(=O)(=O)N(C)C)c1. The first-order valence-corrected chi connectivity index (χ1v) is 11.8. The first-order valence-electron chi connectivity index (χ1n) is 9.01. The summed E-state index contributed by atoms with van der Waals surface area (Å²) in [6.07, 6.45) is 3.59. The third kappa shape index (κ3) is 4.89. The van der Waals surface area contributed by atoms with E-state index in [4.69, 9.17) is 4.74 Å². The number of carbonyl (C=O) groups excluding carboxylic acids is 1. The molecule has 0 aromatic heterocycles. The van der Waals surface area contributed by atoms with E-state index in [1.807, 2.05) is 6.92 Å². The van der Waals surface area contributed by atoms with Gasteiger partial charge < -0.3 is 10.1 Å². The zero-order valence-electron chi connectivity index (χ0n) is 16.2. The fourth-order valence-electron chi connectivity index (χ4n) is 3.26. The van der Waals surface area contributed by atoms with Crippen LogP contribution in [0.15, 0.2) is 23.1 Å². The highest BCUT2D eigenvalue weighted by Gasteiger charge is 2.31. The lowest BCUT2D eigenvalue weighted by atomic mass is 9.94. The first kappa shape index (κ1) is 21.8. The molecule has 152 valence electrons. The standard InChI is InChI=1S/C18H28N2O5S2/c1-5-26(22)16-9-7-6-8-14(16)19-18(21)13-10-11-15(25-4)17(12-13)27(23,24)20(2)3/h10-12,14,16H,5-9H2,1-4H3,(H,19,21)/t14-,16-,26+/m1/s1. The van der Waals surface area contributed by atoms with E-state index in [2.05, 4.69) is 5.32 Å². The molecule has 1 fully saturated rings. The first-order chi connectivity index (χ1) is 12.7. The lowest BCUT2D eigenvalue weighted by Gasteiger charge is -2.31. The maximum absolute atomic E-state index is 12.8. The van der Waals surface area contributed by atoms with Crippen molar-refractivity contribution in [2.45, 2.75) is 48.8 Å². The van der Waals surface area contributed by atoms with Crippen molar-refractivity contribution in [3.8, 4) is 5.75 Å². The fraction of sp³-hybridized carbons (Fsp3) is 0.611. The molecule has 0 unspecified atom stereocenters. The van der Waals surface area contributed by atoms with E-state index in [-0.39, 0.29) is 33.4 Å². The zero-order chi connectivity index (χ0) is 20.2. The normalized spacial score (nSPS) is 21.7. The predicted molar refractivity (Wildman–Crippen MR) is 106 cm³/mol. The molecule has 7 nitrogen and oxygen atoms in total. The van der Waals surface area contributed by atoms with Gasteiger partial charge in [0.1, 0.15) is 10.6 Å². The Hall–Kier alpha value is -1.45. The molecule has 1 aliphatic carbocycles. The van der Waals surface area contributed by atoms with Crippen LogP contribution in [0.4, 0.5) is 0 Å². The summed E-state index contributed by atoms with van der Waals surface area (Å²) in [6.45, 7) is 1.88. The van der Waals surface area contributed by atoms with Crippen LogP contribution in [-0.4, -0.2) is 61.1 Å². The van der Waals surface area contributed by atoms with Gasteiger partial charge in [0.2, 0.25) is 10.0 Å². The molecule has 0 radical (unpaired) electrons. The number of nitrogens with zero attached hydrogens (tertiary/aromatic N) is 1. The third-order valence-corrected chi connectivity index (χ3v) is 8.47. The van der Waals surface area contributed by atoms with Crippen LogP contribution in [0.25, 0.3) is 0 Å². The highest BCUT2D eigenvalue weighted by atomic mass is 32.2. The minimum Gasteiger partial charge on any atom is -0.495 e. The van der Waals surface area contributed by atoms with E-state index in [0.717, 1.165) is 30.0 Å². The smallest absolute Gasteiger partial charge is 0.251 e. The van der Waals surface area contributed by atoms with Crippen LogP contribution in [0.1, 0.15) is 43.0 Å². The molecule has 9 heteroatoms. The van der Waals surface area contributed by atoms with Crippen molar-refractivity contribution in [1.29, 1.82) is 0 Å². The molecule has 0 spiro atoms. The summed E-state index contributed by atoms with van der Waals surface area (Å²) in [5, 5.41) is 2.91. The Morgan fingerprint density at radius 1 is 1.30 bits per heavy atom. The van der Waals surface area contributed by atoms with Crippen molar-refractivity contribution in [2.75, 3.05) is 27.0 Å². The Balaban J connectivity index is 2.30. The van der Waals surface area contributed by atoms with Crippen LogP contribution in [0.3, 0.4) is 0 Å². The lowest BCUT2D eigenvalue weighted by molar-refractivity contribution is 0.0928. The number of sulfonamides is 1. The molecule has 1 aromatic carbocycles. The summed E-state index contributed by atoms with van der Waals surface area (Å²) in [5.74, 6) is 0.380. The molecule has 2 rings (SSSR count). The van der Waals surface area contributed by atoms with Gasteiger partial charge in [-0.2, -0.15) is 0 Å². The van der Waals surface area contributed by atoms with Crippen molar-refractivity contribution < 1.29 is 22.2 Å². The number of amides is 1. The quantitative estimate of drug-likeness (QED) is 0.731. The van der Waals surface area contributed by atoms with Crippen molar-refractivity contribution in [3.05, 3.63) is 23.8 Å². The zero-order valence-corrected chi connectivity index (χ0v) is 17.9. The van der Waals surface area contributed by atoms with Gasteiger partial charge in [0.25, 0.3) is 5.91 Å².